The summed E-state index contributed by atoms with van der Waals surface area (Å²) in [5, 5.41) is 10.5. The lowest BCUT2D eigenvalue weighted by atomic mass is 9.91. The molecule has 0 N–H and O–H groups in total. The highest BCUT2D eigenvalue weighted by Crippen LogP contribution is 2.26. The number of aliphatic imine (C=N–C) groups is 1. The van der Waals surface area contributed by atoms with Crippen LogP contribution in [0.5, 0.6) is 0 Å². The van der Waals surface area contributed by atoms with Crippen LogP contribution in [-0.2, 0) is 0 Å². The number of nitro groups is 1. The SMILES string of the molecule is O=[N+]([O-])c1ccc(C2CC=NCC2)cc1. The number of nitro benzene ring substituents is 1. The Hall–Kier alpha value is -1.71. The molecule has 1 atom stereocenters. The zero-order valence-corrected chi connectivity index (χ0v) is 8.30. The molecule has 4 heteroatoms. The topological polar surface area (TPSA) is 55.5 Å². The lowest BCUT2D eigenvalue weighted by molar-refractivity contribution is -0.384. The first-order valence-electron chi connectivity index (χ1n) is 5.00. The molecule has 1 heterocycles. The van der Waals surface area contributed by atoms with E-state index in [0.29, 0.717) is 5.92 Å². The minimum atomic E-state index is -0.369. The second-order valence-electron chi connectivity index (χ2n) is 3.66. The van der Waals surface area contributed by atoms with E-state index in [9.17, 15) is 10.1 Å². The summed E-state index contributed by atoms with van der Waals surface area (Å²) in [5.74, 6) is 0.475. The third kappa shape index (κ3) is 2.21. The van der Waals surface area contributed by atoms with Gasteiger partial charge < -0.3 is 0 Å². The Kier molecular flexibility index (Phi) is 2.76. The van der Waals surface area contributed by atoms with E-state index in [-0.39, 0.29) is 10.6 Å². The van der Waals surface area contributed by atoms with Gasteiger partial charge in [-0.15, -0.1) is 0 Å². The van der Waals surface area contributed by atoms with E-state index < -0.39 is 0 Å². The molecule has 1 aliphatic rings. The minimum Gasteiger partial charge on any atom is -0.297 e. The molecule has 0 bridgehead atoms. The van der Waals surface area contributed by atoms with Gasteiger partial charge in [-0.3, -0.25) is 15.1 Å². The lowest BCUT2D eigenvalue weighted by Crippen LogP contribution is -2.06. The highest BCUT2D eigenvalue weighted by atomic mass is 16.6. The van der Waals surface area contributed by atoms with E-state index in [1.807, 2.05) is 18.3 Å². The fourth-order valence-electron chi connectivity index (χ4n) is 1.81. The summed E-state index contributed by atoms with van der Waals surface area (Å²) >= 11 is 0. The van der Waals surface area contributed by atoms with E-state index in [0.717, 1.165) is 19.4 Å². The molecular formula is C11H12N2O2. The zero-order valence-electron chi connectivity index (χ0n) is 8.30. The van der Waals surface area contributed by atoms with Gasteiger partial charge >= 0.3 is 0 Å². The molecule has 15 heavy (non-hydrogen) atoms. The van der Waals surface area contributed by atoms with Gasteiger partial charge in [-0.05, 0) is 30.5 Å². The molecule has 78 valence electrons. The van der Waals surface area contributed by atoms with Crippen molar-refractivity contribution in [2.45, 2.75) is 18.8 Å². The molecule has 4 nitrogen and oxygen atoms in total. The van der Waals surface area contributed by atoms with Crippen molar-refractivity contribution < 1.29 is 4.92 Å². The Bertz CT molecular complexity index is 384. The molecule has 0 fully saturated rings. The fraction of sp³-hybridized carbons (Fsp3) is 0.364. The third-order valence-electron chi connectivity index (χ3n) is 2.70. The van der Waals surface area contributed by atoms with E-state index in [1.165, 1.54) is 5.56 Å². The van der Waals surface area contributed by atoms with Gasteiger partial charge in [-0.1, -0.05) is 12.1 Å². The molecule has 2 rings (SSSR count). The number of hydrogen-bond donors (Lipinski definition) is 0. The molecule has 0 spiro atoms. The first kappa shape index (κ1) is 9.83. The predicted molar refractivity (Wildman–Crippen MR) is 58.4 cm³/mol. The van der Waals surface area contributed by atoms with Crippen LogP contribution in [0.4, 0.5) is 5.69 Å². The third-order valence-corrected chi connectivity index (χ3v) is 2.70. The number of hydrogen-bond acceptors (Lipinski definition) is 3. The van der Waals surface area contributed by atoms with Crippen molar-refractivity contribution in [3.63, 3.8) is 0 Å². The van der Waals surface area contributed by atoms with Crippen molar-refractivity contribution in [1.82, 2.24) is 0 Å². The Morgan fingerprint density at radius 2 is 2.07 bits per heavy atom. The lowest BCUT2D eigenvalue weighted by Gasteiger charge is -2.17. The summed E-state index contributed by atoms with van der Waals surface area (Å²) in [6, 6.07) is 6.84. The van der Waals surface area contributed by atoms with E-state index >= 15 is 0 Å². The summed E-state index contributed by atoms with van der Waals surface area (Å²) in [4.78, 5) is 14.3. The summed E-state index contributed by atoms with van der Waals surface area (Å²) in [7, 11) is 0. The van der Waals surface area contributed by atoms with Gasteiger partial charge in [0.25, 0.3) is 5.69 Å². The van der Waals surface area contributed by atoms with Crippen LogP contribution in [0.15, 0.2) is 29.3 Å². The van der Waals surface area contributed by atoms with E-state index in [1.54, 1.807) is 12.1 Å². The van der Waals surface area contributed by atoms with Crippen molar-refractivity contribution in [2.75, 3.05) is 6.54 Å². The van der Waals surface area contributed by atoms with Crippen molar-refractivity contribution in [2.24, 2.45) is 4.99 Å². The molecule has 0 amide bonds. The second kappa shape index (κ2) is 4.21. The number of nitrogens with zero attached hydrogens (tertiary/aromatic N) is 2. The second-order valence-corrected chi connectivity index (χ2v) is 3.66. The zero-order chi connectivity index (χ0) is 10.7. The van der Waals surface area contributed by atoms with Crippen LogP contribution >= 0.6 is 0 Å². The van der Waals surface area contributed by atoms with Crippen molar-refractivity contribution >= 4 is 11.9 Å². The van der Waals surface area contributed by atoms with Crippen molar-refractivity contribution in [1.29, 1.82) is 0 Å². The van der Waals surface area contributed by atoms with E-state index in [4.69, 9.17) is 0 Å². The maximum Gasteiger partial charge on any atom is 0.269 e. The van der Waals surface area contributed by atoms with Crippen LogP contribution in [0, 0.1) is 10.1 Å². The standard InChI is InChI=1S/C11H12N2O2/c14-13(15)11-3-1-9(2-4-11)10-5-7-12-8-6-10/h1-4,7,10H,5-6,8H2. The van der Waals surface area contributed by atoms with Gasteiger partial charge in [0.1, 0.15) is 0 Å². The Balaban J connectivity index is 2.16. The fourth-order valence-corrected chi connectivity index (χ4v) is 1.81. The van der Waals surface area contributed by atoms with Crippen LogP contribution in [0.2, 0.25) is 0 Å². The molecule has 0 saturated heterocycles. The van der Waals surface area contributed by atoms with Gasteiger partial charge in [-0.25, -0.2) is 0 Å². The first-order chi connectivity index (χ1) is 7.27. The van der Waals surface area contributed by atoms with Gasteiger partial charge in [-0.2, -0.15) is 0 Å². The van der Waals surface area contributed by atoms with Gasteiger partial charge in [0.05, 0.1) is 4.92 Å². The molecule has 0 aromatic heterocycles. The number of benzene rings is 1. The average Bonchev–Trinajstić information content (AvgIpc) is 2.30. The summed E-state index contributed by atoms with van der Waals surface area (Å²) in [5.41, 5.74) is 1.33. The number of non-ortho nitro benzene ring substituents is 1. The van der Waals surface area contributed by atoms with Crippen LogP contribution in [-0.4, -0.2) is 17.7 Å². The predicted octanol–water partition coefficient (Wildman–Crippen LogP) is 2.54. The Morgan fingerprint density at radius 1 is 1.33 bits per heavy atom. The maximum absolute atomic E-state index is 10.5. The summed E-state index contributed by atoms with van der Waals surface area (Å²) in [6.07, 6.45) is 3.92. The molecule has 0 aliphatic carbocycles. The molecule has 1 aliphatic heterocycles. The Morgan fingerprint density at radius 3 is 2.60 bits per heavy atom. The summed E-state index contributed by atoms with van der Waals surface area (Å²) in [6.45, 7) is 0.863. The van der Waals surface area contributed by atoms with Gasteiger partial charge in [0.15, 0.2) is 0 Å². The average molecular weight is 204 g/mol. The maximum atomic E-state index is 10.5. The van der Waals surface area contributed by atoms with Gasteiger partial charge in [0, 0.05) is 18.7 Å². The van der Waals surface area contributed by atoms with E-state index in [2.05, 4.69) is 4.99 Å². The van der Waals surface area contributed by atoms with Crippen LogP contribution in [0.25, 0.3) is 0 Å². The highest BCUT2D eigenvalue weighted by molar-refractivity contribution is 5.60. The van der Waals surface area contributed by atoms with Crippen LogP contribution in [0.3, 0.4) is 0 Å². The molecule has 1 aromatic rings. The molecule has 0 saturated carbocycles. The quantitative estimate of drug-likeness (QED) is 0.549. The smallest absolute Gasteiger partial charge is 0.269 e. The van der Waals surface area contributed by atoms with Crippen molar-refractivity contribution in [3.8, 4) is 0 Å². The monoisotopic (exact) mass is 204 g/mol. The number of rotatable bonds is 2. The normalized spacial score (nSPS) is 20.1. The molecule has 1 unspecified atom stereocenters. The molecular weight excluding hydrogens is 192 g/mol. The first-order valence-corrected chi connectivity index (χ1v) is 5.00. The highest BCUT2D eigenvalue weighted by Gasteiger charge is 2.14. The largest absolute Gasteiger partial charge is 0.297 e. The Labute approximate surface area is 87.8 Å². The summed E-state index contributed by atoms with van der Waals surface area (Å²) < 4.78 is 0. The van der Waals surface area contributed by atoms with Crippen LogP contribution < -0.4 is 0 Å². The molecule has 0 radical (unpaired) electrons. The minimum absolute atomic E-state index is 0.156. The van der Waals surface area contributed by atoms with Crippen molar-refractivity contribution in [3.05, 3.63) is 39.9 Å². The van der Waals surface area contributed by atoms with Gasteiger partial charge in [0.2, 0.25) is 0 Å². The van der Waals surface area contributed by atoms with Crippen LogP contribution in [0.1, 0.15) is 24.3 Å². The molecule has 1 aromatic carbocycles.